The van der Waals surface area contributed by atoms with Gasteiger partial charge in [0.2, 0.25) is 5.95 Å². The fourth-order valence-electron chi connectivity index (χ4n) is 1.87. The number of anilines is 1. The van der Waals surface area contributed by atoms with Crippen molar-refractivity contribution in [1.29, 1.82) is 0 Å². The Balaban J connectivity index is 2.22. The third kappa shape index (κ3) is 2.44. The van der Waals surface area contributed by atoms with Crippen molar-refractivity contribution < 1.29 is 0 Å². The van der Waals surface area contributed by atoms with Gasteiger partial charge in [0.1, 0.15) is 11.4 Å². The highest BCUT2D eigenvalue weighted by Gasteiger charge is 2.13. The van der Waals surface area contributed by atoms with Crippen LogP contribution in [0, 0.1) is 0 Å². The van der Waals surface area contributed by atoms with Crippen molar-refractivity contribution in [3.63, 3.8) is 0 Å². The zero-order valence-corrected chi connectivity index (χ0v) is 11.1. The fourth-order valence-corrected chi connectivity index (χ4v) is 2.05. The zero-order valence-electron chi connectivity index (χ0n) is 10.4. The van der Waals surface area contributed by atoms with Crippen LogP contribution in [0.25, 0.3) is 22.5 Å². The maximum absolute atomic E-state index is 5.97. The lowest BCUT2D eigenvalue weighted by atomic mass is 10.1. The molecular formula is C14H10ClN5. The highest BCUT2D eigenvalue weighted by atomic mass is 35.5. The van der Waals surface area contributed by atoms with Crippen LogP contribution in [0.4, 0.5) is 5.95 Å². The van der Waals surface area contributed by atoms with E-state index in [0.717, 1.165) is 11.1 Å². The van der Waals surface area contributed by atoms with Gasteiger partial charge in [-0.2, -0.15) is 0 Å². The second kappa shape index (κ2) is 5.22. The molecule has 0 unspecified atom stereocenters. The minimum Gasteiger partial charge on any atom is -0.366 e. The number of nitrogens with zero attached hydrogens (tertiary/aromatic N) is 4. The van der Waals surface area contributed by atoms with Gasteiger partial charge in [0.25, 0.3) is 0 Å². The van der Waals surface area contributed by atoms with Crippen LogP contribution in [-0.2, 0) is 0 Å². The van der Waals surface area contributed by atoms with Crippen molar-refractivity contribution >= 4 is 17.5 Å². The Labute approximate surface area is 120 Å². The predicted octanol–water partition coefficient (Wildman–Crippen LogP) is 2.84. The van der Waals surface area contributed by atoms with Gasteiger partial charge in [0, 0.05) is 23.5 Å². The van der Waals surface area contributed by atoms with Crippen molar-refractivity contribution in [2.75, 3.05) is 5.73 Å². The van der Waals surface area contributed by atoms with E-state index in [0.29, 0.717) is 16.4 Å². The molecule has 2 heterocycles. The van der Waals surface area contributed by atoms with E-state index >= 15 is 0 Å². The molecule has 3 rings (SSSR count). The Morgan fingerprint density at radius 3 is 2.45 bits per heavy atom. The molecule has 0 radical (unpaired) electrons. The third-order valence-electron chi connectivity index (χ3n) is 2.73. The number of pyridine rings is 1. The Hall–Kier alpha value is -2.53. The monoisotopic (exact) mass is 283 g/mol. The predicted molar refractivity (Wildman–Crippen MR) is 77.9 cm³/mol. The maximum Gasteiger partial charge on any atom is 0.240 e. The first-order valence-electron chi connectivity index (χ1n) is 5.90. The van der Waals surface area contributed by atoms with E-state index in [1.807, 2.05) is 30.3 Å². The van der Waals surface area contributed by atoms with Crippen LogP contribution >= 0.6 is 11.6 Å². The molecule has 0 aliphatic carbocycles. The number of aromatic nitrogens is 4. The number of benzene rings is 1. The van der Waals surface area contributed by atoms with Crippen LogP contribution in [0.2, 0.25) is 5.02 Å². The van der Waals surface area contributed by atoms with Crippen LogP contribution in [0.5, 0.6) is 0 Å². The van der Waals surface area contributed by atoms with Crippen molar-refractivity contribution in [3.8, 4) is 22.5 Å². The maximum atomic E-state index is 5.97. The first kappa shape index (κ1) is 12.5. The van der Waals surface area contributed by atoms with Gasteiger partial charge in [-0.15, -0.1) is 10.2 Å². The molecule has 0 fully saturated rings. The van der Waals surface area contributed by atoms with Crippen LogP contribution in [0.3, 0.4) is 0 Å². The third-order valence-corrected chi connectivity index (χ3v) is 2.94. The van der Waals surface area contributed by atoms with Gasteiger partial charge in [-0.3, -0.25) is 4.98 Å². The van der Waals surface area contributed by atoms with Gasteiger partial charge < -0.3 is 5.73 Å². The average molecular weight is 284 g/mol. The highest BCUT2D eigenvalue weighted by Crippen LogP contribution is 2.29. The van der Waals surface area contributed by atoms with E-state index in [1.165, 1.54) is 0 Å². The lowest BCUT2D eigenvalue weighted by Gasteiger charge is -2.07. The number of hydrogen-bond donors (Lipinski definition) is 1. The van der Waals surface area contributed by atoms with Crippen molar-refractivity contribution in [2.45, 2.75) is 0 Å². The molecule has 0 bridgehead atoms. The quantitative estimate of drug-likeness (QED) is 0.782. The Bertz CT molecular complexity index is 746. The molecule has 98 valence electrons. The SMILES string of the molecule is Nc1nnc(-c2cncc(Cl)c2)c(-c2ccccc2)n1. The molecule has 0 spiro atoms. The van der Waals surface area contributed by atoms with Gasteiger partial charge in [0.15, 0.2) is 0 Å². The molecule has 5 nitrogen and oxygen atoms in total. The Morgan fingerprint density at radius 2 is 1.70 bits per heavy atom. The first-order valence-corrected chi connectivity index (χ1v) is 6.28. The molecule has 1 aromatic carbocycles. The van der Waals surface area contributed by atoms with Crippen LogP contribution in [0.1, 0.15) is 0 Å². The molecule has 0 atom stereocenters. The Morgan fingerprint density at radius 1 is 0.900 bits per heavy atom. The molecular weight excluding hydrogens is 274 g/mol. The summed E-state index contributed by atoms with van der Waals surface area (Å²) in [6, 6.07) is 11.4. The molecule has 0 saturated carbocycles. The summed E-state index contributed by atoms with van der Waals surface area (Å²) in [5.74, 6) is 0.127. The minimum absolute atomic E-state index is 0.127. The molecule has 2 N–H and O–H groups in total. The summed E-state index contributed by atoms with van der Waals surface area (Å²) in [5, 5.41) is 8.47. The summed E-state index contributed by atoms with van der Waals surface area (Å²) in [6.45, 7) is 0. The number of halogens is 1. The standard InChI is InChI=1S/C14H10ClN5/c15-11-6-10(7-17-8-11)13-12(18-14(16)20-19-13)9-4-2-1-3-5-9/h1-8H,(H2,16,18,20). The van der Waals surface area contributed by atoms with Crippen molar-refractivity contribution in [2.24, 2.45) is 0 Å². The summed E-state index contributed by atoms with van der Waals surface area (Å²) < 4.78 is 0. The Kier molecular flexibility index (Phi) is 3.26. The summed E-state index contributed by atoms with van der Waals surface area (Å²) in [7, 11) is 0. The summed E-state index contributed by atoms with van der Waals surface area (Å²) >= 11 is 5.97. The number of nitrogen functional groups attached to an aromatic ring is 1. The van der Waals surface area contributed by atoms with Gasteiger partial charge in [-0.05, 0) is 6.07 Å². The highest BCUT2D eigenvalue weighted by molar-refractivity contribution is 6.30. The smallest absolute Gasteiger partial charge is 0.240 e. The van der Waals surface area contributed by atoms with Gasteiger partial charge in [0.05, 0.1) is 5.02 Å². The van der Waals surface area contributed by atoms with E-state index in [9.17, 15) is 0 Å². The molecule has 0 saturated heterocycles. The van der Waals surface area contributed by atoms with Crippen LogP contribution < -0.4 is 5.73 Å². The van der Waals surface area contributed by atoms with E-state index in [4.69, 9.17) is 17.3 Å². The molecule has 2 aromatic heterocycles. The normalized spacial score (nSPS) is 10.4. The molecule has 0 aliphatic rings. The fraction of sp³-hybridized carbons (Fsp3) is 0. The second-order valence-electron chi connectivity index (χ2n) is 4.13. The minimum atomic E-state index is 0.127. The van der Waals surface area contributed by atoms with Crippen LogP contribution in [-0.4, -0.2) is 20.2 Å². The molecule has 0 aliphatic heterocycles. The topological polar surface area (TPSA) is 77.6 Å². The van der Waals surface area contributed by atoms with E-state index in [2.05, 4.69) is 20.2 Å². The largest absolute Gasteiger partial charge is 0.366 e. The number of nitrogens with two attached hydrogens (primary N) is 1. The zero-order chi connectivity index (χ0) is 13.9. The van der Waals surface area contributed by atoms with E-state index < -0.39 is 0 Å². The average Bonchev–Trinajstić information content (AvgIpc) is 2.48. The summed E-state index contributed by atoms with van der Waals surface area (Å²) in [4.78, 5) is 8.34. The lowest BCUT2D eigenvalue weighted by Crippen LogP contribution is -2.02. The van der Waals surface area contributed by atoms with E-state index in [1.54, 1.807) is 18.5 Å². The van der Waals surface area contributed by atoms with Gasteiger partial charge in [-0.1, -0.05) is 41.9 Å². The summed E-state index contributed by atoms with van der Waals surface area (Å²) in [5.41, 5.74) is 8.55. The van der Waals surface area contributed by atoms with Crippen molar-refractivity contribution in [1.82, 2.24) is 20.2 Å². The summed E-state index contributed by atoms with van der Waals surface area (Å²) in [6.07, 6.45) is 3.23. The molecule has 6 heteroatoms. The van der Waals surface area contributed by atoms with Crippen molar-refractivity contribution in [3.05, 3.63) is 53.8 Å². The number of hydrogen-bond acceptors (Lipinski definition) is 5. The molecule has 3 aromatic rings. The first-order chi connectivity index (χ1) is 9.74. The van der Waals surface area contributed by atoms with Gasteiger partial charge >= 0.3 is 0 Å². The molecule has 20 heavy (non-hydrogen) atoms. The molecule has 0 amide bonds. The second-order valence-corrected chi connectivity index (χ2v) is 4.56. The van der Waals surface area contributed by atoms with E-state index in [-0.39, 0.29) is 5.95 Å². The lowest BCUT2D eigenvalue weighted by molar-refractivity contribution is 0.996. The van der Waals surface area contributed by atoms with Gasteiger partial charge in [-0.25, -0.2) is 4.98 Å². The number of rotatable bonds is 2. The van der Waals surface area contributed by atoms with Crippen LogP contribution in [0.15, 0.2) is 48.8 Å².